The summed E-state index contributed by atoms with van der Waals surface area (Å²) in [4.78, 5) is 28.9. The second kappa shape index (κ2) is 8.87. The number of aromatic nitrogens is 2. The fourth-order valence-electron chi connectivity index (χ4n) is 3.96. The molecule has 1 amide bonds. The van der Waals surface area contributed by atoms with Crippen molar-refractivity contribution in [3.05, 3.63) is 11.3 Å². The van der Waals surface area contributed by atoms with Crippen LogP contribution in [-0.4, -0.2) is 74.3 Å². The van der Waals surface area contributed by atoms with E-state index in [0.717, 1.165) is 82.5 Å². The molecule has 0 N–H and O–H groups in total. The first-order valence-corrected chi connectivity index (χ1v) is 10.2. The van der Waals surface area contributed by atoms with Crippen LogP contribution < -0.4 is 9.80 Å². The van der Waals surface area contributed by atoms with Crippen LogP contribution in [0.1, 0.15) is 37.9 Å². The Balaban J connectivity index is 1.85. The number of carbonyl (C=O) groups excluding carboxylic acids is 1. The van der Waals surface area contributed by atoms with E-state index in [1.54, 1.807) is 0 Å². The molecule has 0 unspecified atom stereocenters. The van der Waals surface area contributed by atoms with E-state index in [2.05, 4.69) is 23.6 Å². The number of rotatable bonds is 5. The maximum Gasteiger partial charge on any atom is 0.227 e. The molecule has 1 aromatic rings. The minimum absolute atomic E-state index is 0.134. The highest BCUT2D eigenvalue weighted by atomic mass is 16.5. The van der Waals surface area contributed by atoms with Gasteiger partial charge in [0.05, 0.1) is 18.9 Å². The van der Waals surface area contributed by atoms with Crippen LogP contribution in [-0.2, 0) is 22.4 Å². The van der Waals surface area contributed by atoms with Gasteiger partial charge in [0, 0.05) is 58.2 Å². The first-order chi connectivity index (χ1) is 13.0. The lowest BCUT2D eigenvalue weighted by Crippen LogP contribution is -2.38. The molecule has 3 rings (SSSR count). The summed E-state index contributed by atoms with van der Waals surface area (Å²) in [5, 5.41) is 0. The molecule has 2 aliphatic rings. The number of ether oxygens (including phenoxy) is 1. The molecule has 0 saturated carbocycles. The van der Waals surface area contributed by atoms with Crippen molar-refractivity contribution in [3.8, 4) is 0 Å². The molecular formula is C20H33N5O2. The molecule has 0 aromatic carbocycles. The Morgan fingerprint density at radius 1 is 1.07 bits per heavy atom. The molecule has 27 heavy (non-hydrogen) atoms. The molecule has 0 atom stereocenters. The van der Waals surface area contributed by atoms with Crippen LogP contribution in [0.4, 0.5) is 11.8 Å². The number of hydrogen-bond acceptors (Lipinski definition) is 6. The SMILES string of the molecule is CCC(CC)C(=O)N1CCc2nc(N3CCOCC3)nc(N(C)C)c2CC1. The number of carbonyl (C=O) groups is 1. The largest absolute Gasteiger partial charge is 0.378 e. The van der Waals surface area contributed by atoms with Gasteiger partial charge in [-0.05, 0) is 19.3 Å². The zero-order chi connectivity index (χ0) is 19.4. The van der Waals surface area contributed by atoms with E-state index in [0.29, 0.717) is 5.91 Å². The Kier molecular flexibility index (Phi) is 6.52. The Hall–Kier alpha value is -1.89. The fraction of sp³-hybridized carbons (Fsp3) is 0.750. The highest BCUT2D eigenvalue weighted by Gasteiger charge is 2.27. The van der Waals surface area contributed by atoms with Gasteiger partial charge in [-0.1, -0.05) is 13.8 Å². The summed E-state index contributed by atoms with van der Waals surface area (Å²) in [7, 11) is 4.06. The third kappa shape index (κ3) is 4.34. The number of fused-ring (bicyclic) bond motifs is 1. The van der Waals surface area contributed by atoms with E-state index in [1.807, 2.05) is 19.0 Å². The summed E-state index contributed by atoms with van der Waals surface area (Å²) in [6.45, 7) is 8.78. The van der Waals surface area contributed by atoms with Crippen molar-refractivity contribution in [1.82, 2.24) is 14.9 Å². The predicted octanol–water partition coefficient (Wildman–Crippen LogP) is 1.74. The van der Waals surface area contributed by atoms with Crippen LogP contribution >= 0.6 is 0 Å². The first kappa shape index (κ1) is 19.9. The Morgan fingerprint density at radius 2 is 1.74 bits per heavy atom. The van der Waals surface area contributed by atoms with E-state index in [-0.39, 0.29) is 5.92 Å². The van der Waals surface area contributed by atoms with E-state index in [9.17, 15) is 4.79 Å². The van der Waals surface area contributed by atoms with Crippen molar-refractivity contribution in [2.24, 2.45) is 5.92 Å². The number of amides is 1. The number of morpholine rings is 1. The summed E-state index contributed by atoms with van der Waals surface area (Å²) in [5.74, 6) is 2.20. The lowest BCUT2D eigenvalue weighted by molar-refractivity contribution is -0.135. The normalized spacial score (nSPS) is 17.7. The van der Waals surface area contributed by atoms with Crippen molar-refractivity contribution in [2.75, 3.05) is 63.3 Å². The maximum atomic E-state index is 12.9. The van der Waals surface area contributed by atoms with E-state index in [4.69, 9.17) is 14.7 Å². The van der Waals surface area contributed by atoms with Crippen LogP contribution in [0.2, 0.25) is 0 Å². The quantitative estimate of drug-likeness (QED) is 0.781. The van der Waals surface area contributed by atoms with Gasteiger partial charge in [-0.15, -0.1) is 0 Å². The van der Waals surface area contributed by atoms with E-state index in [1.165, 1.54) is 5.56 Å². The van der Waals surface area contributed by atoms with Gasteiger partial charge >= 0.3 is 0 Å². The van der Waals surface area contributed by atoms with Crippen molar-refractivity contribution in [1.29, 1.82) is 0 Å². The molecule has 3 heterocycles. The van der Waals surface area contributed by atoms with Crippen molar-refractivity contribution >= 4 is 17.7 Å². The van der Waals surface area contributed by atoms with Gasteiger partial charge in [0.15, 0.2) is 0 Å². The molecule has 150 valence electrons. The molecule has 2 aliphatic heterocycles. The molecule has 7 nitrogen and oxygen atoms in total. The van der Waals surface area contributed by atoms with Crippen LogP contribution in [0.3, 0.4) is 0 Å². The van der Waals surface area contributed by atoms with Crippen molar-refractivity contribution in [3.63, 3.8) is 0 Å². The molecule has 1 fully saturated rings. The summed E-state index contributed by atoms with van der Waals surface area (Å²) in [6.07, 6.45) is 3.42. The van der Waals surface area contributed by atoms with Crippen molar-refractivity contribution < 1.29 is 9.53 Å². The van der Waals surface area contributed by atoms with Crippen LogP contribution in [0, 0.1) is 5.92 Å². The predicted molar refractivity (Wildman–Crippen MR) is 107 cm³/mol. The molecule has 1 saturated heterocycles. The van der Waals surface area contributed by atoms with Gasteiger partial charge < -0.3 is 19.4 Å². The Morgan fingerprint density at radius 3 is 2.37 bits per heavy atom. The number of hydrogen-bond donors (Lipinski definition) is 0. The summed E-state index contributed by atoms with van der Waals surface area (Å²) < 4.78 is 5.46. The second-order valence-corrected chi connectivity index (χ2v) is 7.61. The van der Waals surface area contributed by atoms with Crippen LogP contribution in [0.25, 0.3) is 0 Å². The maximum absolute atomic E-state index is 12.9. The van der Waals surface area contributed by atoms with Gasteiger partial charge in [0.25, 0.3) is 0 Å². The average Bonchev–Trinajstić information content (AvgIpc) is 2.91. The topological polar surface area (TPSA) is 61.8 Å². The minimum Gasteiger partial charge on any atom is -0.378 e. The zero-order valence-electron chi connectivity index (χ0n) is 17.2. The summed E-state index contributed by atoms with van der Waals surface area (Å²) >= 11 is 0. The van der Waals surface area contributed by atoms with Gasteiger partial charge in [-0.2, -0.15) is 4.98 Å². The lowest BCUT2D eigenvalue weighted by Gasteiger charge is -2.28. The molecule has 0 bridgehead atoms. The minimum atomic E-state index is 0.134. The van der Waals surface area contributed by atoms with E-state index >= 15 is 0 Å². The molecule has 0 aliphatic carbocycles. The average molecular weight is 376 g/mol. The smallest absolute Gasteiger partial charge is 0.227 e. The monoisotopic (exact) mass is 375 g/mol. The summed E-state index contributed by atoms with van der Waals surface area (Å²) in [6, 6.07) is 0. The molecule has 0 radical (unpaired) electrons. The Labute approximate surface area is 162 Å². The first-order valence-electron chi connectivity index (χ1n) is 10.2. The molecule has 0 spiro atoms. The molecule has 7 heteroatoms. The van der Waals surface area contributed by atoms with Gasteiger partial charge in [0.2, 0.25) is 11.9 Å². The van der Waals surface area contributed by atoms with Gasteiger partial charge in [-0.25, -0.2) is 4.98 Å². The van der Waals surface area contributed by atoms with Crippen molar-refractivity contribution in [2.45, 2.75) is 39.5 Å². The van der Waals surface area contributed by atoms with Crippen LogP contribution in [0.5, 0.6) is 0 Å². The Bertz CT molecular complexity index is 654. The number of nitrogens with zero attached hydrogens (tertiary/aromatic N) is 5. The standard InChI is InChI=1S/C20H33N5O2/c1-5-15(6-2)19(26)24-9-7-16-17(8-10-24)21-20(22-18(16)23(3)4)25-11-13-27-14-12-25/h15H,5-14H2,1-4H3. The second-order valence-electron chi connectivity index (χ2n) is 7.61. The summed E-state index contributed by atoms with van der Waals surface area (Å²) in [5.41, 5.74) is 2.28. The molecular weight excluding hydrogens is 342 g/mol. The molecule has 1 aromatic heterocycles. The third-order valence-electron chi connectivity index (χ3n) is 5.67. The fourth-order valence-corrected chi connectivity index (χ4v) is 3.96. The highest BCUT2D eigenvalue weighted by molar-refractivity contribution is 5.79. The lowest BCUT2D eigenvalue weighted by atomic mass is 10.0. The van der Waals surface area contributed by atoms with E-state index < -0.39 is 0 Å². The van der Waals surface area contributed by atoms with Crippen LogP contribution in [0.15, 0.2) is 0 Å². The highest BCUT2D eigenvalue weighted by Crippen LogP contribution is 2.27. The van der Waals surface area contributed by atoms with Gasteiger partial charge in [-0.3, -0.25) is 4.79 Å². The third-order valence-corrected chi connectivity index (χ3v) is 5.67. The van der Waals surface area contributed by atoms with Gasteiger partial charge in [0.1, 0.15) is 5.82 Å². The number of anilines is 2. The zero-order valence-corrected chi connectivity index (χ0v) is 17.2.